The Morgan fingerprint density at radius 3 is 2.13 bits per heavy atom. The minimum atomic E-state index is -4.18. The average molecular weight is 434 g/mol. The fraction of sp³-hybridized carbons (Fsp3) is 0.500. The normalized spacial score (nSPS) is 24.2. The number of hydrazine groups is 1. The highest BCUT2D eigenvalue weighted by Crippen LogP contribution is 2.37. The number of urea groups is 1. The Kier molecular flexibility index (Phi) is 7.69. The number of piperidine rings is 1. The van der Waals surface area contributed by atoms with Crippen LogP contribution in [0, 0.1) is 0 Å². The van der Waals surface area contributed by atoms with Crippen molar-refractivity contribution >= 4 is 16.1 Å². The highest BCUT2D eigenvalue weighted by molar-refractivity contribution is 7.87. The molecule has 0 spiro atoms. The number of nitrogens with one attached hydrogen (secondary N) is 1. The van der Waals surface area contributed by atoms with Gasteiger partial charge in [0.15, 0.2) is 0 Å². The van der Waals surface area contributed by atoms with E-state index >= 15 is 0 Å². The van der Waals surface area contributed by atoms with Gasteiger partial charge in [-0.05, 0) is 37.7 Å². The molecule has 2 aliphatic heterocycles. The number of carbonyl (C=O) groups excluding carboxylic acids is 1. The molecule has 1 aromatic rings. The summed E-state index contributed by atoms with van der Waals surface area (Å²) in [6.07, 6.45) is 13.0. The number of hydrogen-bond donors (Lipinski definition) is 2. The molecule has 2 N–H and O–H groups in total. The topological polar surface area (TPSA) is 90.0 Å². The zero-order valence-corrected chi connectivity index (χ0v) is 18.1. The van der Waals surface area contributed by atoms with Gasteiger partial charge < -0.3 is 4.90 Å². The van der Waals surface area contributed by atoms with Gasteiger partial charge in [-0.1, -0.05) is 61.1 Å². The molecular formula is C22H31N3O4S. The lowest BCUT2D eigenvalue weighted by atomic mass is 9.91. The second-order valence-corrected chi connectivity index (χ2v) is 9.56. The fourth-order valence-corrected chi connectivity index (χ4v) is 5.00. The summed E-state index contributed by atoms with van der Waals surface area (Å²) in [7, 11) is -4.18. The van der Waals surface area contributed by atoms with Gasteiger partial charge in [0.25, 0.3) is 10.1 Å². The summed E-state index contributed by atoms with van der Waals surface area (Å²) in [5.74, 6) is 0. The maximum atomic E-state index is 11.7. The summed E-state index contributed by atoms with van der Waals surface area (Å²) in [4.78, 5) is 13.6. The predicted octanol–water partition coefficient (Wildman–Crippen LogP) is 3.48. The highest BCUT2D eigenvalue weighted by atomic mass is 32.2. The lowest BCUT2D eigenvalue weighted by Gasteiger charge is -2.29. The van der Waals surface area contributed by atoms with Crippen molar-refractivity contribution in [3.8, 4) is 0 Å². The van der Waals surface area contributed by atoms with Gasteiger partial charge in [-0.25, -0.2) is 9.80 Å². The summed E-state index contributed by atoms with van der Waals surface area (Å²) in [5, 5.41) is 2.06. The number of likely N-dealkylation sites (tertiary alicyclic amines) is 1. The zero-order chi connectivity index (χ0) is 21.5. The van der Waals surface area contributed by atoms with Gasteiger partial charge in [0, 0.05) is 26.2 Å². The number of amides is 2. The average Bonchev–Trinajstić information content (AvgIpc) is 3.31. The van der Waals surface area contributed by atoms with Gasteiger partial charge >= 0.3 is 6.03 Å². The van der Waals surface area contributed by atoms with Crippen LogP contribution in [0.25, 0.3) is 0 Å². The van der Waals surface area contributed by atoms with E-state index in [1.165, 1.54) is 25.3 Å². The number of carbonyl (C=O) groups is 1. The third kappa shape index (κ3) is 5.50. The molecule has 1 unspecified atom stereocenters. The minimum absolute atomic E-state index is 0.101. The van der Waals surface area contributed by atoms with E-state index in [0.29, 0.717) is 5.56 Å². The van der Waals surface area contributed by atoms with Crippen LogP contribution in [0.4, 0.5) is 4.79 Å². The van der Waals surface area contributed by atoms with Crippen LogP contribution in [0.3, 0.4) is 0 Å². The van der Waals surface area contributed by atoms with Gasteiger partial charge in [-0.3, -0.25) is 9.98 Å². The Bertz CT molecular complexity index is 858. The fourth-order valence-electron chi connectivity index (χ4n) is 4.01. The molecule has 3 aliphatic rings. The Hall–Kier alpha value is -2.16. The molecule has 0 radical (unpaired) electrons. The van der Waals surface area contributed by atoms with E-state index in [0.717, 1.165) is 39.0 Å². The quantitative estimate of drug-likeness (QED) is 0.713. The molecule has 7 nitrogen and oxygen atoms in total. The summed E-state index contributed by atoms with van der Waals surface area (Å²) < 4.78 is 31.3. The van der Waals surface area contributed by atoms with Crippen LogP contribution in [0.2, 0.25) is 0 Å². The summed E-state index contributed by atoms with van der Waals surface area (Å²) in [5.41, 5.74) is 3.56. The molecule has 2 heterocycles. The van der Waals surface area contributed by atoms with E-state index in [1.807, 2.05) is 11.0 Å². The molecule has 2 amide bonds. The van der Waals surface area contributed by atoms with Crippen molar-refractivity contribution in [1.82, 2.24) is 15.3 Å². The monoisotopic (exact) mass is 433 g/mol. The number of rotatable bonds is 3. The zero-order valence-electron chi connectivity index (χ0n) is 17.2. The van der Waals surface area contributed by atoms with Crippen LogP contribution >= 0.6 is 0 Å². The van der Waals surface area contributed by atoms with Crippen molar-refractivity contribution in [2.75, 3.05) is 26.2 Å². The van der Waals surface area contributed by atoms with Crippen molar-refractivity contribution in [2.45, 2.75) is 43.3 Å². The van der Waals surface area contributed by atoms with Gasteiger partial charge in [-0.15, -0.1) is 0 Å². The van der Waals surface area contributed by atoms with Crippen LogP contribution in [0.5, 0.6) is 0 Å². The van der Waals surface area contributed by atoms with E-state index in [-0.39, 0.29) is 12.5 Å². The molecule has 0 saturated carbocycles. The highest BCUT2D eigenvalue weighted by Gasteiger charge is 2.41. The van der Waals surface area contributed by atoms with Gasteiger partial charge in [-0.2, -0.15) is 8.42 Å². The maximum absolute atomic E-state index is 11.7. The van der Waals surface area contributed by atoms with Gasteiger partial charge in [0.1, 0.15) is 4.75 Å². The summed E-state index contributed by atoms with van der Waals surface area (Å²) in [6.45, 7) is 3.89. The predicted molar refractivity (Wildman–Crippen MR) is 117 cm³/mol. The molecule has 2 fully saturated rings. The third-order valence-corrected chi connectivity index (χ3v) is 7.22. The van der Waals surface area contributed by atoms with E-state index < -0.39 is 14.9 Å². The van der Waals surface area contributed by atoms with Crippen molar-refractivity contribution in [1.29, 1.82) is 0 Å². The van der Waals surface area contributed by atoms with Crippen LogP contribution in [0.15, 0.2) is 54.6 Å². The second kappa shape index (κ2) is 10.2. The first-order valence-corrected chi connectivity index (χ1v) is 12.0. The molecule has 8 heteroatoms. The molecule has 2 saturated heterocycles. The SMILES string of the molecule is O=C(NN1CCCCC1)N1CCCC1.O=S(=O)(O)C1(c2ccccc2)C=CC=CC1. The molecule has 4 rings (SSSR count). The van der Waals surface area contributed by atoms with Crippen LogP contribution in [0.1, 0.15) is 44.1 Å². The van der Waals surface area contributed by atoms with Crippen LogP contribution in [-0.2, 0) is 14.9 Å². The maximum Gasteiger partial charge on any atom is 0.331 e. The van der Waals surface area contributed by atoms with Crippen molar-refractivity contribution in [3.05, 3.63) is 60.2 Å². The summed E-state index contributed by atoms with van der Waals surface area (Å²) in [6, 6.07) is 8.84. The Labute approximate surface area is 179 Å². The smallest absolute Gasteiger partial charge is 0.324 e. The number of nitrogens with zero attached hydrogens (tertiary/aromatic N) is 2. The molecule has 164 valence electrons. The Morgan fingerprint density at radius 1 is 0.933 bits per heavy atom. The standard InChI is InChI=1S/C12H12O3S.C10H19N3O/c13-16(14,15)12(9-5-2-6-10-12)11-7-3-1-4-8-11;14-10(12-6-4-5-7-12)11-13-8-2-1-3-9-13/h1-9H,10H2,(H,13,14,15);1-9H2,(H,11,14). The molecule has 0 bridgehead atoms. The second-order valence-electron chi connectivity index (χ2n) is 7.88. The van der Waals surface area contributed by atoms with Crippen molar-refractivity contribution in [2.24, 2.45) is 0 Å². The number of benzene rings is 1. The van der Waals surface area contributed by atoms with E-state index in [2.05, 4.69) is 10.4 Å². The van der Waals surface area contributed by atoms with Crippen molar-refractivity contribution < 1.29 is 17.8 Å². The molecule has 30 heavy (non-hydrogen) atoms. The van der Waals surface area contributed by atoms with Gasteiger partial charge in [0.05, 0.1) is 0 Å². The van der Waals surface area contributed by atoms with Crippen LogP contribution in [-0.4, -0.2) is 55.1 Å². The summed E-state index contributed by atoms with van der Waals surface area (Å²) >= 11 is 0. The molecular weight excluding hydrogens is 402 g/mol. The molecule has 0 aromatic heterocycles. The molecule has 1 aliphatic carbocycles. The first kappa shape index (κ1) is 22.5. The first-order valence-electron chi connectivity index (χ1n) is 10.6. The number of allylic oxidation sites excluding steroid dienone is 3. The third-order valence-electron chi connectivity index (χ3n) is 5.76. The lowest BCUT2D eigenvalue weighted by Crippen LogP contribution is -2.50. The lowest BCUT2D eigenvalue weighted by molar-refractivity contribution is 0.135. The van der Waals surface area contributed by atoms with E-state index in [9.17, 15) is 17.8 Å². The Balaban J connectivity index is 0.000000172. The first-order chi connectivity index (χ1) is 14.4. The molecule has 1 atom stereocenters. The van der Waals surface area contributed by atoms with Crippen molar-refractivity contribution in [3.63, 3.8) is 0 Å². The minimum Gasteiger partial charge on any atom is -0.324 e. The number of hydrogen-bond acceptors (Lipinski definition) is 4. The Morgan fingerprint density at radius 2 is 1.57 bits per heavy atom. The van der Waals surface area contributed by atoms with E-state index in [4.69, 9.17) is 0 Å². The van der Waals surface area contributed by atoms with Crippen LogP contribution < -0.4 is 5.43 Å². The van der Waals surface area contributed by atoms with E-state index in [1.54, 1.807) is 42.5 Å². The van der Waals surface area contributed by atoms with Gasteiger partial charge in [0.2, 0.25) is 0 Å². The largest absolute Gasteiger partial charge is 0.331 e. The molecule has 1 aromatic carbocycles.